The van der Waals surface area contributed by atoms with Crippen molar-refractivity contribution in [2.75, 3.05) is 20.3 Å². The molecule has 1 aliphatic heterocycles. The molecule has 1 fully saturated rings. The van der Waals surface area contributed by atoms with Crippen LogP contribution in [0.25, 0.3) is 0 Å². The Morgan fingerprint density at radius 1 is 1.53 bits per heavy atom. The Bertz CT molecular complexity index is 323. The first-order chi connectivity index (χ1) is 7.25. The summed E-state index contributed by atoms with van der Waals surface area (Å²) in [7, 11) is 2.17. The predicted octanol–water partition coefficient (Wildman–Crippen LogP) is 2.67. The standard InChI is InChI=1S/C12H16BrNO/c1-14(12-5-6-15-9-12)8-10-3-2-4-11(13)7-10/h2-4,7,12H,5-6,8-9H2,1H3. The third-order valence-electron chi connectivity index (χ3n) is 2.85. The van der Waals surface area contributed by atoms with E-state index in [2.05, 4.69) is 52.1 Å². The summed E-state index contributed by atoms with van der Waals surface area (Å²) in [6.07, 6.45) is 1.16. The average Bonchev–Trinajstić information content (AvgIpc) is 2.70. The molecule has 0 amide bonds. The summed E-state index contributed by atoms with van der Waals surface area (Å²) in [4.78, 5) is 2.37. The Labute approximate surface area is 99.4 Å². The number of rotatable bonds is 3. The fraction of sp³-hybridized carbons (Fsp3) is 0.500. The van der Waals surface area contributed by atoms with E-state index in [0.29, 0.717) is 6.04 Å². The molecule has 0 aliphatic carbocycles. The Morgan fingerprint density at radius 3 is 3.07 bits per heavy atom. The third-order valence-corrected chi connectivity index (χ3v) is 3.34. The number of halogens is 1. The van der Waals surface area contributed by atoms with Crippen LogP contribution in [0, 0.1) is 0 Å². The van der Waals surface area contributed by atoms with Gasteiger partial charge in [-0.15, -0.1) is 0 Å². The van der Waals surface area contributed by atoms with E-state index in [1.54, 1.807) is 0 Å². The van der Waals surface area contributed by atoms with Crippen molar-refractivity contribution in [2.45, 2.75) is 19.0 Å². The van der Waals surface area contributed by atoms with Crippen molar-refractivity contribution in [3.8, 4) is 0 Å². The van der Waals surface area contributed by atoms with Gasteiger partial charge in [-0.2, -0.15) is 0 Å². The molecule has 82 valence electrons. The van der Waals surface area contributed by atoms with Gasteiger partial charge in [-0.05, 0) is 31.2 Å². The van der Waals surface area contributed by atoms with E-state index in [0.717, 1.165) is 30.7 Å². The molecule has 1 atom stereocenters. The predicted molar refractivity (Wildman–Crippen MR) is 64.8 cm³/mol. The lowest BCUT2D eigenvalue weighted by molar-refractivity contribution is 0.156. The highest BCUT2D eigenvalue weighted by molar-refractivity contribution is 9.10. The maximum absolute atomic E-state index is 5.39. The number of ether oxygens (including phenoxy) is 1. The zero-order valence-electron chi connectivity index (χ0n) is 8.95. The summed E-state index contributed by atoms with van der Waals surface area (Å²) in [6, 6.07) is 9.06. The molecule has 1 heterocycles. The number of nitrogens with zero attached hydrogens (tertiary/aromatic N) is 1. The van der Waals surface area contributed by atoms with Crippen molar-refractivity contribution in [2.24, 2.45) is 0 Å². The summed E-state index contributed by atoms with van der Waals surface area (Å²) in [5.41, 5.74) is 1.35. The normalized spacial score (nSPS) is 21.1. The van der Waals surface area contributed by atoms with Crippen molar-refractivity contribution < 1.29 is 4.74 Å². The van der Waals surface area contributed by atoms with Gasteiger partial charge >= 0.3 is 0 Å². The lowest BCUT2D eigenvalue weighted by Crippen LogP contribution is -2.31. The molecule has 0 N–H and O–H groups in total. The Kier molecular flexibility index (Phi) is 3.78. The van der Waals surface area contributed by atoms with Crippen molar-refractivity contribution in [1.82, 2.24) is 4.90 Å². The highest BCUT2D eigenvalue weighted by Gasteiger charge is 2.19. The molecule has 3 heteroatoms. The number of benzene rings is 1. The second kappa shape index (κ2) is 5.10. The van der Waals surface area contributed by atoms with Gasteiger partial charge in [0.15, 0.2) is 0 Å². The minimum Gasteiger partial charge on any atom is -0.380 e. The minimum absolute atomic E-state index is 0.587. The molecule has 1 saturated heterocycles. The summed E-state index contributed by atoms with van der Waals surface area (Å²) in [5, 5.41) is 0. The average molecular weight is 270 g/mol. The molecule has 1 aliphatic rings. The molecule has 1 aromatic carbocycles. The first-order valence-corrected chi connectivity index (χ1v) is 6.07. The summed E-state index contributed by atoms with van der Waals surface area (Å²) in [5.74, 6) is 0. The molecule has 0 saturated carbocycles. The van der Waals surface area contributed by atoms with Crippen LogP contribution in [0.4, 0.5) is 0 Å². The minimum atomic E-state index is 0.587. The van der Waals surface area contributed by atoms with Gasteiger partial charge in [0.2, 0.25) is 0 Å². The fourth-order valence-electron chi connectivity index (χ4n) is 1.92. The van der Waals surface area contributed by atoms with Gasteiger partial charge in [-0.3, -0.25) is 4.90 Å². The van der Waals surface area contributed by atoms with E-state index in [1.807, 2.05) is 0 Å². The molecule has 2 rings (SSSR count). The van der Waals surface area contributed by atoms with E-state index in [1.165, 1.54) is 5.56 Å². The highest BCUT2D eigenvalue weighted by Crippen LogP contribution is 2.16. The van der Waals surface area contributed by atoms with Crippen molar-refractivity contribution in [1.29, 1.82) is 0 Å². The second-order valence-electron chi connectivity index (χ2n) is 4.06. The van der Waals surface area contributed by atoms with E-state index in [9.17, 15) is 0 Å². The molecule has 1 unspecified atom stereocenters. The van der Waals surface area contributed by atoms with Gasteiger partial charge in [-0.25, -0.2) is 0 Å². The Hall–Kier alpha value is -0.380. The maximum Gasteiger partial charge on any atom is 0.0622 e. The van der Waals surface area contributed by atoms with Crippen LogP contribution >= 0.6 is 15.9 Å². The van der Waals surface area contributed by atoms with Crippen LogP contribution in [-0.4, -0.2) is 31.2 Å². The van der Waals surface area contributed by atoms with Crippen LogP contribution in [0.5, 0.6) is 0 Å². The molecule has 0 radical (unpaired) electrons. The van der Waals surface area contributed by atoms with E-state index < -0.39 is 0 Å². The molecule has 15 heavy (non-hydrogen) atoms. The maximum atomic E-state index is 5.39. The van der Waals surface area contributed by atoms with Gasteiger partial charge < -0.3 is 4.74 Å². The van der Waals surface area contributed by atoms with Gasteiger partial charge in [0.05, 0.1) is 6.61 Å². The second-order valence-corrected chi connectivity index (χ2v) is 4.98. The van der Waals surface area contributed by atoms with Crippen LogP contribution in [0.3, 0.4) is 0 Å². The highest BCUT2D eigenvalue weighted by atomic mass is 79.9. The quantitative estimate of drug-likeness (QED) is 0.837. The number of hydrogen-bond acceptors (Lipinski definition) is 2. The van der Waals surface area contributed by atoms with E-state index in [4.69, 9.17) is 4.74 Å². The summed E-state index contributed by atoms with van der Waals surface area (Å²) in [6.45, 7) is 2.78. The SMILES string of the molecule is CN(Cc1cccc(Br)c1)C1CCOC1. The van der Waals surface area contributed by atoms with Crippen LogP contribution in [0.1, 0.15) is 12.0 Å². The van der Waals surface area contributed by atoms with Crippen molar-refractivity contribution in [3.05, 3.63) is 34.3 Å². The number of likely N-dealkylation sites (N-methyl/N-ethyl adjacent to an activating group) is 1. The molecule has 0 aromatic heterocycles. The van der Waals surface area contributed by atoms with Crippen LogP contribution in [0.15, 0.2) is 28.7 Å². The monoisotopic (exact) mass is 269 g/mol. The van der Waals surface area contributed by atoms with Gasteiger partial charge in [-0.1, -0.05) is 28.1 Å². The Balaban J connectivity index is 1.95. The molecule has 0 spiro atoms. The fourth-order valence-corrected chi connectivity index (χ4v) is 2.37. The van der Waals surface area contributed by atoms with Crippen molar-refractivity contribution >= 4 is 15.9 Å². The van der Waals surface area contributed by atoms with E-state index in [-0.39, 0.29) is 0 Å². The van der Waals surface area contributed by atoms with Crippen LogP contribution in [0.2, 0.25) is 0 Å². The summed E-state index contributed by atoms with van der Waals surface area (Å²) >= 11 is 3.49. The molecular formula is C12H16BrNO. The lowest BCUT2D eigenvalue weighted by atomic mass is 10.1. The zero-order chi connectivity index (χ0) is 10.7. The van der Waals surface area contributed by atoms with E-state index >= 15 is 0 Å². The first-order valence-electron chi connectivity index (χ1n) is 5.28. The third kappa shape index (κ3) is 3.03. The van der Waals surface area contributed by atoms with Gasteiger partial charge in [0.1, 0.15) is 0 Å². The smallest absolute Gasteiger partial charge is 0.0622 e. The molecule has 0 bridgehead atoms. The van der Waals surface area contributed by atoms with Gasteiger partial charge in [0.25, 0.3) is 0 Å². The zero-order valence-corrected chi connectivity index (χ0v) is 10.5. The number of hydrogen-bond donors (Lipinski definition) is 0. The molecule has 2 nitrogen and oxygen atoms in total. The Morgan fingerprint density at radius 2 is 2.40 bits per heavy atom. The first kappa shape index (κ1) is 11.1. The molecular weight excluding hydrogens is 254 g/mol. The van der Waals surface area contributed by atoms with Crippen molar-refractivity contribution in [3.63, 3.8) is 0 Å². The van der Waals surface area contributed by atoms with Gasteiger partial charge in [0, 0.05) is 23.7 Å². The topological polar surface area (TPSA) is 12.5 Å². The summed E-state index contributed by atoms with van der Waals surface area (Å²) < 4.78 is 6.54. The largest absolute Gasteiger partial charge is 0.380 e. The van der Waals surface area contributed by atoms with Crippen LogP contribution < -0.4 is 0 Å². The lowest BCUT2D eigenvalue weighted by Gasteiger charge is -2.22. The van der Waals surface area contributed by atoms with Crippen LogP contribution in [-0.2, 0) is 11.3 Å². The molecule has 1 aromatic rings.